The number of ether oxygens (including phenoxy) is 2. The van der Waals surface area contributed by atoms with Crippen molar-refractivity contribution >= 4 is 11.3 Å². The Kier molecular flexibility index (Phi) is 3.40. The lowest BCUT2D eigenvalue weighted by molar-refractivity contribution is 0.171. The summed E-state index contributed by atoms with van der Waals surface area (Å²) in [5.74, 6) is 1.63. The first-order valence-electron chi connectivity index (χ1n) is 6.33. The summed E-state index contributed by atoms with van der Waals surface area (Å²) in [6.45, 7) is 3.91. The van der Waals surface area contributed by atoms with Crippen molar-refractivity contribution in [3.8, 4) is 22.8 Å². The average molecular weight is 276 g/mol. The third-order valence-corrected chi connectivity index (χ3v) is 3.98. The lowest BCUT2D eigenvalue weighted by Gasteiger charge is -2.19. The molecule has 100 valence electrons. The zero-order chi connectivity index (χ0) is 13.2. The van der Waals surface area contributed by atoms with E-state index >= 15 is 0 Å². The second-order valence-corrected chi connectivity index (χ2v) is 5.42. The van der Waals surface area contributed by atoms with Crippen LogP contribution in [0, 0.1) is 6.92 Å². The zero-order valence-electron chi connectivity index (χ0n) is 10.8. The van der Waals surface area contributed by atoms with Crippen molar-refractivity contribution in [3.05, 3.63) is 28.1 Å². The lowest BCUT2D eigenvalue weighted by atomic mass is 10.1. The highest BCUT2D eigenvalue weighted by Crippen LogP contribution is 2.37. The zero-order valence-corrected chi connectivity index (χ0v) is 11.6. The van der Waals surface area contributed by atoms with Crippen molar-refractivity contribution in [1.29, 1.82) is 0 Å². The first kappa shape index (κ1) is 12.4. The Bertz CT molecular complexity index is 595. The van der Waals surface area contributed by atoms with Gasteiger partial charge in [-0.3, -0.25) is 0 Å². The molecule has 0 aliphatic carbocycles. The molecule has 0 fully saturated rings. The van der Waals surface area contributed by atoms with Crippen molar-refractivity contribution in [2.75, 3.05) is 19.8 Å². The van der Waals surface area contributed by atoms with Crippen molar-refractivity contribution in [2.45, 2.75) is 13.3 Å². The molecule has 5 heteroatoms. The monoisotopic (exact) mass is 276 g/mol. The van der Waals surface area contributed by atoms with Gasteiger partial charge in [0.2, 0.25) is 0 Å². The summed E-state index contributed by atoms with van der Waals surface area (Å²) in [7, 11) is 0. The third-order valence-electron chi connectivity index (χ3n) is 3.08. The number of nitrogens with zero attached hydrogens (tertiary/aromatic N) is 1. The highest BCUT2D eigenvalue weighted by molar-refractivity contribution is 7.09. The number of hydrogen-bond acceptors (Lipinski definition) is 5. The van der Waals surface area contributed by atoms with Gasteiger partial charge in [0.1, 0.15) is 13.2 Å². The van der Waals surface area contributed by atoms with Crippen LogP contribution in [0.15, 0.2) is 17.5 Å². The fourth-order valence-corrected chi connectivity index (χ4v) is 2.95. The van der Waals surface area contributed by atoms with Crippen molar-refractivity contribution in [3.63, 3.8) is 0 Å². The van der Waals surface area contributed by atoms with E-state index in [9.17, 15) is 0 Å². The van der Waals surface area contributed by atoms with E-state index in [4.69, 9.17) is 15.2 Å². The summed E-state index contributed by atoms with van der Waals surface area (Å²) in [5, 5.41) is 3.15. The summed E-state index contributed by atoms with van der Waals surface area (Å²) in [6, 6.07) is 4.04. The summed E-state index contributed by atoms with van der Waals surface area (Å²) in [4.78, 5) is 4.62. The highest BCUT2D eigenvalue weighted by Gasteiger charge is 2.16. The maximum Gasteiger partial charge on any atom is 0.162 e. The van der Waals surface area contributed by atoms with Crippen LogP contribution in [-0.4, -0.2) is 24.7 Å². The molecule has 0 amide bonds. The van der Waals surface area contributed by atoms with Crippen LogP contribution in [0.1, 0.15) is 10.6 Å². The predicted octanol–water partition coefficient (Wildman–Crippen LogP) is 2.39. The number of rotatable bonds is 3. The third kappa shape index (κ3) is 2.43. The largest absolute Gasteiger partial charge is 0.486 e. The Balaban J connectivity index is 1.99. The Morgan fingerprint density at radius 3 is 2.74 bits per heavy atom. The molecule has 0 unspecified atom stereocenters. The molecule has 0 saturated carbocycles. The van der Waals surface area contributed by atoms with Crippen LogP contribution < -0.4 is 15.2 Å². The van der Waals surface area contributed by atoms with Gasteiger partial charge in [-0.1, -0.05) is 0 Å². The van der Waals surface area contributed by atoms with Gasteiger partial charge in [0, 0.05) is 17.4 Å². The van der Waals surface area contributed by atoms with Gasteiger partial charge in [-0.05, 0) is 31.2 Å². The predicted molar refractivity (Wildman–Crippen MR) is 76.0 cm³/mol. The number of hydrogen-bond donors (Lipinski definition) is 1. The van der Waals surface area contributed by atoms with Gasteiger partial charge in [0.05, 0.1) is 10.7 Å². The number of thiazole rings is 1. The number of aryl methyl sites for hydroxylation is 1. The van der Waals surface area contributed by atoms with Gasteiger partial charge in [0.25, 0.3) is 0 Å². The second-order valence-electron chi connectivity index (χ2n) is 4.48. The minimum atomic E-state index is 0.602. The first-order chi connectivity index (χ1) is 9.28. The molecule has 19 heavy (non-hydrogen) atoms. The van der Waals surface area contributed by atoms with E-state index in [1.165, 1.54) is 0 Å². The maximum atomic E-state index is 5.63. The fraction of sp³-hybridized carbons (Fsp3) is 0.357. The van der Waals surface area contributed by atoms with Crippen molar-refractivity contribution < 1.29 is 9.47 Å². The summed E-state index contributed by atoms with van der Waals surface area (Å²) >= 11 is 1.65. The van der Waals surface area contributed by atoms with E-state index in [2.05, 4.69) is 17.3 Å². The van der Waals surface area contributed by atoms with Crippen LogP contribution in [-0.2, 0) is 6.42 Å². The molecule has 0 atom stereocenters. The Morgan fingerprint density at radius 1 is 1.26 bits per heavy atom. The molecular weight excluding hydrogens is 260 g/mol. The lowest BCUT2D eigenvalue weighted by Crippen LogP contribution is -2.15. The standard InChI is InChI=1S/C14H16N2O2S/c1-9-6-12-13(18-5-4-17-12)7-10(9)11-8-19-14(16-11)2-3-15/h6-8H,2-5,15H2,1H3. The van der Waals surface area contributed by atoms with Gasteiger partial charge in [-0.15, -0.1) is 11.3 Å². The Labute approximate surface area is 116 Å². The van der Waals surface area contributed by atoms with Gasteiger partial charge in [0.15, 0.2) is 11.5 Å². The van der Waals surface area contributed by atoms with Crippen molar-refractivity contribution in [1.82, 2.24) is 4.98 Å². The average Bonchev–Trinajstić information content (AvgIpc) is 2.87. The molecule has 2 heterocycles. The molecular formula is C14H16N2O2S. The summed E-state index contributed by atoms with van der Waals surface area (Å²) < 4.78 is 11.2. The van der Waals surface area contributed by atoms with Crippen LogP contribution in [0.4, 0.5) is 0 Å². The molecule has 2 N–H and O–H groups in total. The molecule has 1 aliphatic rings. The number of benzene rings is 1. The molecule has 0 saturated heterocycles. The van der Waals surface area contributed by atoms with Crippen molar-refractivity contribution in [2.24, 2.45) is 5.73 Å². The van der Waals surface area contributed by atoms with Crippen LogP contribution >= 0.6 is 11.3 Å². The molecule has 4 nitrogen and oxygen atoms in total. The van der Waals surface area contributed by atoms with E-state index in [-0.39, 0.29) is 0 Å². The quantitative estimate of drug-likeness (QED) is 0.935. The molecule has 1 aliphatic heterocycles. The molecule has 0 bridgehead atoms. The van der Waals surface area contributed by atoms with E-state index in [0.29, 0.717) is 19.8 Å². The Morgan fingerprint density at radius 2 is 2.00 bits per heavy atom. The minimum absolute atomic E-state index is 0.602. The SMILES string of the molecule is Cc1cc2c(cc1-c1csc(CCN)n1)OCCO2. The number of aromatic nitrogens is 1. The smallest absolute Gasteiger partial charge is 0.162 e. The number of fused-ring (bicyclic) bond motifs is 1. The van der Waals surface area contributed by atoms with E-state index in [1.54, 1.807) is 11.3 Å². The highest BCUT2D eigenvalue weighted by atomic mass is 32.1. The number of nitrogens with two attached hydrogens (primary N) is 1. The molecule has 0 radical (unpaired) electrons. The maximum absolute atomic E-state index is 5.63. The fourth-order valence-electron chi connectivity index (χ4n) is 2.14. The van der Waals surface area contributed by atoms with Gasteiger partial charge in [-0.2, -0.15) is 0 Å². The van der Waals surface area contributed by atoms with Crippen LogP contribution in [0.2, 0.25) is 0 Å². The normalized spacial score (nSPS) is 13.6. The first-order valence-corrected chi connectivity index (χ1v) is 7.21. The van der Waals surface area contributed by atoms with E-state index in [1.807, 2.05) is 12.1 Å². The molecule has 0 spiro atoms. The van der Waals surface area contributed by atoms with Crippen LogP contribution in [0.25, 0.3) is 11.3 Å². The summed E-state index contributed by atoms with van der Waals surface area (Å²) in [5.41, 5.74) is 8.80. The molecule has 1 aromatic carbocycles. The molecule has 1 aromatic heterocycles. The minimum Gasteiger partial charge on any atom is -0.486 e. The second kappa shape index (κ2) is 5.19. The molecule has 3 rings (SSSR count). The molecule has 2 aromatic rings. The van der Waals surface area contributed by atoms with Crippen LogP contribution in [0.3, 0.4) is 0 Å². The van der Waals surface area contributed by atoms with Gasteiger partial charge in [-0.25, -0.2) is 4.98 Å². The topological polar surface area (TPSA) is 57.4 Å². The Hall–Kier alpha value is -1.59. The van der Waals surface area contributed by atoms with Gasteiger partial charge < -0.3 is 15.2 Å². The van der Waals surface area contributed by atoms with E-state index < -0.39 is 0 Å². The summed E-state index contributed by atoms with van der Waals surface area (Å²) in [6.07, 6.45) is 0.828. The van der Waals surface area contributed by atoms with Crippen LogP contribution in [0.5, 0.6) is 11.5 Å². The van der Waals surface area contributed by atoms with Gasteiger partial charge >= 0.3 is 0 Å². The van der Waals surface area contributed by atoms with E-state index in [0.717, 1.165) is 39.7 Å².